The van der Waals surface area contributed by atoms with Gasteiger partial charge in [0.05, 0.1) is 14.1 Å². The monoisotopic (exact) mass is 325 g/mol. The predicted molar refractivity (Wildman–Crippen MR) is 100 cm³/mol. The van der Waals surface area contributed by atoms with Crippen molar-refractivity contribution in [3.05, 3.63) is 71.8 Å². The quantitative estimate of drug-likeness (QED) is 0.751. The molecule has 2 rings (SSSR count). The molecule has 0 bridgehead atoms. The fourth-order valence-electron chi connectivity index (χ4n) is 2.92. The lowest BCUT2D eigenvalue weighted by Gasteiger charge is -2.29. The number of benzene rings is 2. The van der Waals surface area contributed by atoms with Gasteiger partial charge in [-0.2, -0.15) is 0 Å². The Balaban J connectivity index is 2.07. The second kappa shape index (κ2) is 7.60. The maximum atomic E-state index is 12.6. The third-order valence-electron chi connectivity index (χ3n) is 4.31. The van der Waals surface area contributed by atoms with Gasteiger partial charge in [-0.15, -0.1) is 0 Å². The van der Waals surface area contributed by atoms with Gasteiger partial charge in [-0.05, 0) is 23.6 Å². The number of carbonyl (C=O) groups is 1. The van der Waals surface area contributed by atoms with E-state index in [-0.39, 0.29) is 11.9 Å². The molecular formula is C20H27NOSi. The second-order valence-corrected chi connectivity index (χ2v) is 12.7. The molecule has 0 unspecified atom stereocenters. The van der Waals surface area contributed by atoms with Gasteiger partial charge in [0.25, 0.3) is 0 Å². The summed E-state index contributed by atoms with van der Waals surface area (Å²) in [7, 11) is -1.48. The SMILES string of the molecule is C[C@H](NC(=O)C[C@@H](c1ccccc1)[Si](C)(C)C)c1ccccc1. The van der Waals surface area contributed by atoms with Gasteiger partial charge in [0, 0.05) is 6.42 Å². The summed E-state index contributed by atoms with van der Waals surface area (Å²) < 4.78 is 0. The van der Waals surface area contributed by atoms with Crippen molar-refractivity contribution in [2.75, 3.05) is 0 Å². The molecule has 0 aromatic heterocycles. The Kier molecular flexibility index (Phi) is 5.78. The number of hydrogen-bond donors (Lipinski definition) is 1. The molecule has 1 N–H and O–H groups in total. The maximum Gasteiger partial charge on any atom is 0.220 e. The van der Waals surface area contributed by atoms with Crippen molar-refractivity contribution in [2.24, 2.45) is 0 Å². The van der Waals surface area contributed by atoms with Crippen LogP contribution in [0, 0.1) is 0 Å². The summed E-state index contributed by atoms with van der Waals surface area (Å²) >= 11 is 0. The first-order chi connectivity index (χ1) is 10.9. The van der Waals surface area contributed by atoms with Gasteiger partial charge in [-0.1, -0.05) is 80.3 Å². The van der Waals surface area contributed by atoms with Crippen LogP contribution in [0.1, 0.15) is 36.1 Å². The summed E-state index contributed by atoms with van der Waals surface area (Å²) in [5.74, 6) is 0.137. The highest BCUT2D eigenvalue weighted by Gasteiger charge is 2.30. The van der Waals surface area contributed by atoms with Gasteiger partial charge in [0.1, 0.15) is 0 Å². The minimum Gasteiger partial charge on any atom is -0.350 e. The summed E-state index contributed by atoms with van der Waals surface area (Å²) in [6, 6.07) is 20.6. The van der Waals surface area contributed by atoms with E-state index in [1.54, 1.807) is 0 Å². The molecule has 0 aliphatic carbocycles. The van der Waals surface area contributed by atoms with Crippen molar-refractivity contribution in [3.63, 3.8) is 0 Å². The van der Waals surface area contributed by atoms with E-state index in [0.717, 1.165) is 5.56 Å². The van der Waals surface area contributed by atoms with Crippen LogP contribution in [0.3, 0.4) is 0 Å². The molecule has 3 heteroatoms. The number of amides is 1. The number of rotatable bonds is 6. The largest absolute Gasteiger partial charge is 0.350 e. The number of carbonyl (C=O) groups excluding carboxylic acids is 1. The molecule has 23 heavy (non-hydrogen) atoms. The Bertz CT molecular complexity index is 619. The average molecular weight is 326 g/mol. The standard InChI is InChI=1S/C20H27NOSi/c1-16(17-11-7-5-8-12-17)21-20(22)15-19(23(2,3)4)18-13-9-6-10-14-18/h5-14,16,19H,15H2,1-4H3,(H,21,22)/t16-,19-/m0/s1. The van der Waals surface area contributed by atoms with E-state index in [2.05, 4.69) is 61.4 Å². The molecule has 0 heterocycles. The van der Waals surface area contributed by atoms with Crippen molar-refractivity contribution >= 4 is 14.0 Å². The summed E-state index contributed by atoms with van der Waals surface area (Å²) in [5.41, 5.74) is 2.77. The Morgan fingerprint density at radius 2 is 1.39 bits per heavy atom. The Hall–Kier alpha value is -1.87. The summed E-state index contributed by atoms with van der Waals surface area (Å²) in [4.78, 5) is 12.6. The van der Waals surface area contributed by atoms with Crippen LogP contribution >= 0.6 is 0 Å². The molecule has 0 aliphatic heterocycles. The minimum atomic E-state index is -1.48. The third kappa shape index (κ3) is 5.07. The molecular weight excluding hydrogens is 298 g/mol. The Morgan fingerprint density at radius 1 is 0.913 bits per heavy atom. The van der Waals surface area contributed by atoms with Crippen LogP contribution in [0.15, 0.2) is 60.7 Å². The first-order valence-electron chi connectivity index (χ1n) is 8.27. The lowest BCUT2D eigenvalue weighted by Crippen LogP contribution is -2.36. The van der Waals surface area contributed by atoms with E-state index in [9.17, 15) is 4.79 Å². The zero-order chi connectivity index (χ0) is 16.9. The smallest absolute Gasteiger partial charge is 0.220 e. The first kappa shape index (κ1) is 17.5. The van der Waals surface area contributed by atoms with Gasteiger partial charge in [0.2, 0.25) is 5.91 Å². The molecule has 0 saturated carbocycles. The average Bonchev–Trinajstić information content (AvgIpc) is 2.53. The molecule has 1 amide bonds. The van der Waals surface area contributed by atoms with Crippen LogP contribution in [0.25, 0.3) is 0 Å². The normalized spacial score (nSPS) is 14.1. The fraction of sp³-hybridized carbons (Fsp3) is 0.350. The first-order valence-corrected chi connectivity index (χ1v) is 11.8. The molecule has 0 saturated heterocycles. The van der Waals surface area contributed by atoms with Crippen molar-refractivity contribution < 1.29 is 4.79 Å². The van der Waals surface area contributed by atoms with Crippen molar-refractivity contribution in [1.29, 1.82) is 0 Å². The Morgan fingerprint density at radius 3 is 1.87 bits per heavy atom. The van der Waals surface area contributed by atoms with Crippen LogP contribution in [-0.4, -0.2) is 14.0 Å². The lowest BCUT2D eigenvalue weighted by atomic mass is 10.1. The van der Waals surface area contributed by atoms with Crippen LogP contribution in [0.4, 0.5) is 0 Å². The van der Waals surface area contributed by atoms with E-state index in [1.807, 2.05) is 31.2 Å². The van der Waals surface area contributed by atoms with E-state index in [0.29, 0.717) is 12.0 Å². The molecule has 0 aliphatic rings. The highest BCUT2D eigenvalue weighted by Crippen LogP contribution is 2.30. The van der Waals surface area contributed by atoms with E-state index in [4.69, 9.17) is 0 Å². The van der Waals surface area contributed by atoms with Crippen LogP contribution in [0.2, 0.25) is 19.6 Å². The summed E-state index contributed by atoms with van der Waals surface area (Å²) in [6.07, 6.45) is 0.566. The van der Waals surface area contributed by atoms with Crippen LogP contribution < -0.4 is 5.32 Å². The molecule has 0 radical (unpaired) electrons. The zero-order valence-electron chi connectivity index (χ0n) is 14.5. The molecule has 2 aromatic carbocycles. The molecule has 2 atom stereocenters. The topological polar surface area (TPSA) is 29.1 Å². The summed E-state index contributed by atoms with van der Waals surface area (Å²) in [6.45, 7) is 9.04. The van der Waals surface area contributed by atoms with E-state index in [1.165, 1.54) is 5.56 Å². The predicted octanol–water partition coefficient (Wildman–Crippen LogP) is 4.92. The maximum absolute atomic E-state index is 12.6. The van der Waals surface area contributed by atoms with E-state index >= 15 is 0 Å². The van der Waals surface area contributed by atoms with Gasteiger partial charge in [-0.3, -0.25) is 4.79 Å². The fourth-order valence-corrected chi connectivity index (χ4v) is 4.91. The lowest BCUT2D eigenvalue weighted by molar-refractivity contribution is -0.121. The highest BCUT2D eigenvalue weighted by molar-refractivity contribution is 6.77. The van der Waals surface area contributed by atoms with Gasteiger partial charge in [-0.25, -0.2) is 0 Å². The third-order valence-corrected chi connectivity index (χ3v) is 6.94. The number of hydrogen-bond acceptors (Lipinski definition) is 1. The summed E-state index contributed by atoms with van der Waals surface area (Å²) in [5, 5.41) is 3.15. The van der Waals surface area contributed by atoms with Crippen molar-refractivity contribution in [1.82, 2.24) is 5.32 Å². The van der Waals surface area contributed by atoms with Crippen molar-refractivity contribution in [2.45, 2.75) is 44.6 Å². The minimum absolute atomic E-state index is 0.0433. The second-order valence-electron chi connectivity index (χ2n) is 7.23. The molecule has 2 aromatic rings. The Labute approximate surface area is 141 Å². The molecule has 122 valence electrons. The van der Waals surface area contributed by atoms with Gasteiger partial charge < -0.3 is 5.32 Å². The van der Waals surface area contributed by atoms with Crippen LogP contribution in [-0.2, 0) is 4.79 Å². The number of nitrogens with one attached hydrogen (secondary N) is 1. The zero-order valence-corrected chi connectivity index (χ0v) is 15.5. The van der Waals surface area contributed by atoms with Gasteiger partial charge >= 0.3 is 0 Å². The molecule has 0 spiro atoms. The highest BCUT2D eigenvalue weighted by atomic mass is 28.3. The van der Waals surface area contributed by atoms with Crippen LogP contribution in [0.5, 0.6) is 0 Å². The van der Waals surface area contributed by atoms with Crippen molar-refractivity contribution in [3.8, 4) is 0 Å². The molecule has 2 nitrogen and oxygen atoms in total. The van der Waals surface area contributed by atoms with E-state index < -0.39 is 8.07 Å². The molecule has 0 fully saturated rings. The van der Waals surface area contributed by atoms with Gasteiger partial charge in [0.15, 0.2) is 0 Å².